The largest absolute Gasteiger partial charge is 0.394 e. The van der Waals surface area contributed by atoms with Gasteiger partial charge in [-0.3, -0.25) is 0 Å². The number of para-hydroxylation sites is 1. The van der Waals surface area contributed by atoms with Gasteiger partial charge in [-0.1, -0.05) is 78.9 Å². The number of anilines is 1. The summed E-state index contributed by atoms with van der Waals surface area (Å²) in [5.74, 6) is 1.17. The summed E-state index contributed by atoms with van der Waals surface area (Å²) in [4.78, 5) is 9.59. The van der Waals surface area contributed by atoms with Crippen LogP contribution in [0.5, 0.6) is 0 Å². The lowest BCUT2D eigenvalue weighted by atomic mass is 10.0. The van der Waals surface area contributed by atoms with Gasteiger partial charge in [-0.15, -0.1) is 0 Å². The zero-order valence-electron chi connectivity index (χ0n) is 18.3. The van der Waals surface area contributed by atoms with E-state index >= 15 is 0 Å². The molecular weight excluding hydrogens is 412 g/mol. The number of benzene rings is 3. The van der Waals surface area contributed by atoms with Gasteiger partial charge >= 0.3 is 0 Å². The molecule has 5 aromatic rings. The summed E-state index contributed by atoms with van der Waals surface area (Å²) in [6, 6.07) is 26.9. The fraction of sp³-hybridized carbons (Fsp3) is 0.185. The summed E-state index contributed by atoms with van der Waals surface area (Å²) in [7, 11) is 0. The summed E-state index contributed by atoms with van der Waals surface area (Å²) in [5.41, 5.74) is 12.5. The highest BCUT2D eigenvalue weighted by atomic mass is 16.5. The van der Waals surface area contributed by atoms with Gasteiger partial charge in [0, 0.05) is 11.9 Å². The summed E-state index contributed by atoms with van der Waals surface area (Å²) in [6.45, 7) is 1.14. The molecule has 0 amide bonds. The van der Waals surface area contributed by atoms with E-state index in [9.17, 15) is 0 Å². The third kappa shape index (κ3) is 4.31. The van der Waals surface area contributed by atoms with Gasteiger partial charge in [-0.25, -0.2) is 9.97 Å². The van der Waals surface area contributed by atoms with E-state index in [1.807, 2.05) is 36.4 Å². The lowest BCUT2D eigenvalue weighted by Gasteiger charge is -2.13. The second-order valence-corrected chi connectivity index (χ2v) is 8.05. The Morgan fingerprint density at radius 3 is 2.27 bits per heavy atom. The summed E-state index contributed by atoms with van der Waals surface area (Å²) < 4.78 is 7.80. The van der Waals surface area contributed by atoms with E-state index in [0.29, 0.717) is 17.9 Å². The van der Waals surface area contributed by atoms with Crippen molar-refractivity contribution >= 4 is 27.8 Å². The van der Waals surface area contributed by atoms with Crippen molar-refractivity contribution in [1.29, 1.82) is 0 Å². The van der Waals surface area contributed by atoms with Crippen LogP contribution in [0.4, 0.5) is 5.82 Å². The Kier molecular flexibility index (Phi) is 6.02. The van der Waals surface area contributed by atoms with Crippen LogP contribution in [0.2, 0.25) is 0 Å². The van der Waals surface area contributed by atoms with E-state index in [-0.39, 0.29) is 19.8 Å². The third-order valence-electron chi connectivity index (χ3n) is 5.78. The summed E-state index contributed by atoms with van der Waals surface area (Å²) >= 11 is 0. The topological polar surface area (TPSA) is 86.2 Å². The Morgan fingerprint density at radius 1 is 0.818 bits per heavy atom. The van der Waals surface area contributed by atoms with E-state index < -0.39 is 0 Å². The van der Waals surface area contributed by atoms with Gasteiger partial charge in [0.15, 0.2) is 5.82 Å². The molecule has 0 aliphatic carbocycles. The van der Waals surface area contributed by atoms with Crippen LogP contribution in [0.15, 0.2) is 78.9 Å². The van der Waals surface area contributed by atoms with Crippen molar-refractivity contribution in [1.82, 2.24) is 14.5 Å². The van der Waals surface area contributed by atoms with Crippen molar-refractivity contribution in [3.63, 3.8) is 0 Å². The molecule has 0 atom stereocenters. The Hall–Kier alpha value is -3.74. The molecule has 0 radical (unpaired) electrons. The number of fused-ring (bicyclic) bond motifs is 3. The van der Waals surface area contributed by atoms with E-state index in [1.54, 1.807) is 0 Å². The molecule has 33 heavy (non-hydrogen) atoms. The Bertz CT molecular complexity index is 1380. The normalized spacial score (nSPS) is 11.4. The number of pyridine rings is 1. The zero-order valence-corrected chi connectivity index (χ0v) is 18.3. The van der Waals surface area contributed by atoms with E-state index in [0.717, 1.165) is 39.8 Å². The van der Waals surface area contributed by atoms with Crippen molar-refractivity contribution in [3.05, 3.63) is 101 Å². The van der Waals surface area contributed by atoms with Crippen molar-refractivity contribution in [2.45, 2.75) is 19.6 Å². The quantitative estimate of drug-likeness (QED) is 0.353. The fourth-order valence-electron chi connectivity index (χ4n) is 4.27. The van der Waals surface area contributed by atoms with E-state index in [2.05, 4.69) is 47.0 Å². The van der Waals surface area contributed by atoms with Crippen LogP contribution in [0.1, 0.15) is 22.5 Å². The lowest BCUT2D eigenvalue weighted by molar-refractivity contribution is 0.0764. The molecule has 166 valence electrons. The monoisotopic (exact) mass is 438 g/mol. The number of imidazole rings is 1. The molecule has 0 saturated carbocycles. The molecule has 3 N–H and O–H groups in total. The minimum absolute atomic E-state index is 0.0333. The van der Waals surface area contributed by atoms with Gasteiger partial charge in [0.2, 0.25) is 0 Å². The van der Waals surface area contributed by atoms with E-state index in [1.165, 1.54) is 5.56 Å². The smallest absolute Gasteiger partial charge is 0.152 e. The molecule has 0 unspecified atom stereocenters. The van der Waals surface area contributed by atoms with Gasteiger partial charge in [-0.2, -0.15) is 0 Å². The summed E-state index contributed by atoms with van der Waals surface area (Å²) in [5, 5.41) is 10.2. The number of rotatable bonds is 8. The fourth-order valence-corrected chi connectivity index (χ4v) is 4.27. The molecule has 5 rings (SSSR count). The minimum Gasteiger partial charge on any atom is -0.394 e. The van der Waals surface area contributed by atoms with Crippen LogP contribution in [0, 0.1) is 0 Å². The number of hydrogen-bond acceptors (Lipinski definition) is 5. The maximum absolute atomic E-state index is 9.14. The molecule has 0 spiro atoms. The third-order valence-corrected chi connectivity index (χ3v) is 5.78. The van der Waals surface area contributed by atoms with Gasteiger partial charge in [0.1, 0.15) is 17.9 Å². The van der Waals surface area contributed by atoms with E-state index in [4.69, 9.17) is 25.5 Å². The van der Waals surface area contributed by atoms with Crippen molar-refractivity contribution < 1.29 is 9.84 Å². The van der Waals surface area contributed by atoms with Crippen LogP contribution >= 0.6 is 0 Å². The van der Waals surface area contributed by atoms with Crippen molar-refractivity contribution in [3.8, 4) is 0 Å². The predicted molar refractivity (Wildman–Crippen MR) is 131 cm³/mol. The molecule has 0 fully saturated rings. The van der Waals surface area contributed by atoms with Crippen LogP contribution in [-0.4, -0.2) is 32.9 Å². The Labute approximate surface area is 192 Å². The molecule has 6 heteroatoms. The Balaban J connectivity index is 1.69. The number of aliphatic hydroxyl groups is 1. The standard InChI is InChI=1S/C27H26N4O2/c28-27-25-26(22-13-7-12-21(24(22)30-27)16-19-8-3-1-4-9-19)31(17-20-10-5-2-6-11-20)23(29-25)18-33-15-14-32/h1-13,32H,14-18H2,(H2,28,30). The average molecular weight is 439 g/mol. The number of nitrogens with zero attached hydrogens (tertiary/aromatic N) is 3. The first kappa shape index (κ1) is 21.1. The number of hydrogen-bond donors (Lipinski definition) is 2. The second kappa shape index (κ2) is 9.40. The first-order valence-electron chi connectivity index (χ1n) is 11.1. The predicted octanol–water partition coefficient (Wildman–Crippen LogP) is 4.31. The average Bonchev–Trinajstić information content (AvgIpc) is 3.20. The van der Waals surface area contributed by atoms with Crippen LogP contribution < -0.4 is 5.73 Å². The molecular formula is C27H26N4O2. The highest BCUT2D eigenvalue weighted by Gasteiger charge is 2.19. The van der Waals surface area contributed by atoms with Gasteiger partial charge in [0.25, 0.3) is 0 Å². The second-order valence-electron chi connectivity index (χ2n) is 8.05. The maximum Gasteiger partial charge on any atom is 0.152 e. The first-order chi connectivity index (χ1) is 16.2. The molecule has 3 aromatic carbocycles. The number of aliphatic hydroxyl groups excluding tert-OH is 1. The van der Waals surface area contributed by atoms with Gasteiger partial charge in [0.05, 0.1) is 24.2 Å². The summed E-state index contributed by atoms with van der Waals surface area (Å²) in [6.07, 6.45) is 0.773. The molecule has 0 aliphatic rings. The van der Waals surface area contributed by atoms with Gasteiger partial charge in [-0.05, 0) is 23.1 Å². The zero-order chi connectivity index (χ0) is 22.6. The van der Waals surface area contributed by atoms with Crippen LogP contribution in [0.3, 0.4) is 0 Å². The SMILES string of the molecule is Nc1nc2c(Cc3ccccc3)cccc2c2c1nc(COCCO)n2Cc1ccccc1. The molecule has 0 bridgehead atoms. The minimum atomic E-state index is -0.0333. The van der Waals surface area contributed by atoms with Gasteiger partial charge < -0.3 is 20.1 Å². The molecule has 2 aromatic heterocycles. The maximum atomic E-state index is 9.14. The molecule has 6 nitrogen and oxygen atoms in total. The number of aromatic nitrogens is 3. The number of ether oxygens (including phenoxy) is 1. The van der Waals surface area contributed by atoms with Crippen molar-refractivity contribution in [2.75, 3.05) is 18.9 Å². The molecule has 0 saturated heterocycles. The molecule has 2 heterocycles. The first-order valence-corrected chi connectivity index (χ1v) is 11.1. The molecule has 0 aliphatic heterocycles. The highest BCUT2D eigenvalue weighted by Crippen LogP contribution is 2.32. The number of nitrogen functional groups attached to an aromatic ring is 1. The number of nitrogens with two attached hydrogens (primary N) is 1. The highest BCUT2D eigenvalue weighted by molar-refractivity contribution is 6.07. The van der Waals surface area contributed by atoms with Crippen molar-refractivity contribution in [2.24, 2.45) is 0 Å². The Morgan fingerprint density at radius 2 is 1.55 bits per heavy atom. The van der Waals surface area contributed by atoms with Crippen LogP contribution in [-0.2, 0) is 24.3 Å². The van der Waals surface area contributed by atoms with Crippen LogP contribution in [0.25, 0.3) is 21.9 Å². The lowest BCUT2D eigenvalue weighted by Crippen LogP contribution is -2.09.